The molecular formula is C20H24N2O4S. The fourth-order valence-electron chi connectivity index (χ4n) is 2.50. The summed E-state index contributed by atoms with van der Waals surface area (Å²) < 4.78 is 31.2. The molecule has 0 aliphatic carbocycles. The highest BCUT2D eigenvalue weighted by molar-refractivity contribution is 7.89. The summed E-state index contributed by atoms with van der Waals surface area (Å²) in [7, 11) is 0.655. The van der Waals surface area contributed by atoms with Crippen LogP contribution in [0.25, 0.3) is 6.08 Å². The van der Waals surface area contributed by atoms with Crippen LogP contribution in [0.3, 0.4) is 0 Å². The van der Waals surface area contributed by atoms with Gasteiger partial charge < -0.3 is 10.1 Å². The summed E-state index contributed by atoms with van der Waals surface area (Å²) in [5.74, 6) is -0.0460. The predicted molar refractivity (Wildman–Crippen MR) is 107 cm³/mol. The second-order valence-electron chi connectivity index (χ2n) is 6.34. The molecule has 6 nitrogen and oxygen atoms in total. The third-order valence-electron chi connectivity index (χ3n) is 4.01. The number of nitrogens with zero attached hydrogens (tertiary/aromatic N) is 1. The molecule has 0 saturated heterocycles. The van der Waals surface area contributed by atoms with E-state index in [1.807, 2.05) is 32.0 Å². The number of hydrogen-bond acceptors (Lipinski definition) is 4. The summed E-state index contributed by atoms with van der Waals surface area (Å²) in [6.45, 7) is 3.91. The van der Waals surface area contributed by atoms with E-state index < -0.39 is 10.0 Å². The number of hydrogen-bond donors (Lipinski definition) is 1. The summed E-state index contributed by atoms with van der Waals surface area (Å²) in [6, 6.07) is 10.5. The number of carbonyl (C=O) groups excluding carboxylic acids is 1. The average Bonchev–Trinajstić information content (AvgIpc) is 2.62. The first-order valence-corrected chi connectivity index (χ1v) is 9.76. The van der Waals surface area contributed by atoms with Crippen LogP contribution >= 0.6 is 0 Å². The van der Waals surface area contributed by atoms with Crippen LogP contribution in [0.2, 0.25) is 0 Å². The largest absolute Gasteiger partial charge is 0.495 e. The minimum absolute atomic E-state index is 0.0481. The van der Waals surface area contributed by atoms with Gasteiger partial charge in [-0.3, -0.25) is 4.79 Å². The van der Waals surface area contributed by atoms with E-state index in [4.69, 9.17) is 4.74 Å². The van der Waals surface area contributed by atoms with Crippen LogP contribution in [0.4, 0.5) is 5.69 Å². The quantitative estimate of drug-likeness (QED) is 0.771. The minimum Gasteiger partial charge on any atom is -0.495 e. The van der Waals surface area contributed by atoms with Gasteiger partial charge in [0.2, 0.25) is 15.9 Å². The summed E-state index contributed by atoms with van der Waals surface area (Å²) in [4.78, 5) is 12.2. The Bertz CT molecular complexity index is 979. The molecule has 0 atom stereocenters. The second-order valence-corrected chi connectivity index (χ2v) is 8.46. The zero-order chi connectivity index (χ0) is 20.2. The molecule has 0 aliphatic heterocycles. The third kappa shape index (κ3) is 4.96. The summed E-state index contributed by atoms with van der Waals surface area (Å²) >= 11 is 0. The number of methoxy groups -OCH3 is 1. The van der Waals surface area contributed by atoms with Crippen molar-refractivity contribution in [2.75, 3.05) is 26.5 Å². The molecule has 0 fully saturated rings. The maximum atomic E-state index is 12.5. The van der Waals surface area contributed by atoms with Crippen molar-refractivity contribution in [2.45, 2.75) is 18.7 Å². The molecule has 0 spiro atoms. The molecule has 2 rings (SSSR count). The summed E-state index contributed by atoms with van der Waals surface area (Å²) in [6.07, 6.45) is 2.93. The Morgan fingerprint density at radius 2 is 1.81 bits per heavy atom. The molecule has 7 heteroatoms. The topological polar surface area (TPSA) is 75.7 Å². The Labute approximate surface area is 160 Å². The van der Waals surface area contributed by atoms with E-state index >= 15 is 0 Å². The number of ether oxygens (including phenoxy) is 1. The molecule has 1 amide bonds. The number of anilines is 1. The van der Waals surface area contributed by atoms with Crippen LogP contribution in [0, 0.1) is 13.8 Å². The van der Waals surface area contributed by atoms with Crippen molar-refractivity contribution in [3.05, 3.63) is 59.2 Å². The minimum atomic E-state index is -3.67. The van der Waals surface area contributed by atoms with E-state index in [2.05, 4.69) is 5.32 Å². The normalized spacial score (nSPS) is 11.8. The first kappa shape index (κ1) is 20.7. The van der Waals surface area contributed by atoms with Gasteiger partial charge in [0.1, 0.15) is 10.6 Å². The molecule has 144 valence electrons. The van der Waals surface area contributed by atoms with Gasteiger partial charge in [0, 0.05) is 25.9 Å². The smallest absolute Gasteiger partial charge is 0.248 e. The Morgan fingerprint density at radius 1 is 1.11 bits per heavy atom. The van der Waals surface area contributed by atoms with Gasteiger partial charge in [0.25, 0.3) is 0 Å². The fraction of sp³-hybridized carbons (Fsp3) is 0.250. The molecule has 0 radical (unpaired) electrons. The van der Waals surface area contributed by atoms with Crippen LogP contribution in [-0.4, -0.2) is 39.8 Å². The zero-order valence-corrected chi connectivity index (χ0v) is 16.9. The van der Waals surface area contributed by atoms with Gasteiger partial charge in [-0.25, -0.2) is 12.7 Å². The number of aryl methyl sites for hydroxylation is 2. The maximum Gasteiger partial charge on any atom is 0.248 e. The summed E-state index contributed by atoms with van der Waals surface area (Å²) in [5, 5.41) is 2.82. The van der Waals surface area contributed by atoms with Crippen LogP contribution in [0.5, 0.6) is 5.75 Å². The molecule has 0 aliphatic rings. The van der Waals surface area contributed by atoms with Crippen molar-refractivity contribution in [3.63, 3.8) is 0 Å². The van der Waals surface area contributed by atoms with Crippen molar-refractivity contribution in [1.29, 1.82) is 0 Å². The van der Waals surface area contributed by atoms with E-state index in [1.54, 1.807) is 18.2 Å². The molecule has 0 unspecified atom stereocenters. The molecular weight excluding hydrogens is 364 g/mol. The highest BCUT2D eigenvalue weighted by Crippen LogP contribution is 2.27. The van der Waals surface area contributed by atoms with Crippen LogP contribution in [0.15, 0.2) is 47.4 Å². The molecule has 27 heavy (non-hydrogen) atoms. The monoisotopic (exact) mass is 388 g/mol. The number of carbonyl (C=O) groups is 1. The van der Waals surface area contributed by atoms with Crippen molar-refractivity contribution in [1.82, 2.24) is 4.31 Å². The van der Waals surface area contributed by atoms with E-state index in [9.17, 15) is 13.2 Å². The number of rotatable bonds is 6. The Hall–Kier alpha value is -2.64. The Morgan fingerprint density at radius 3 is 2.41 bits per heavy atom. The van der Waals surface area contributed by atoms with Gasteiger partial charge >= 0.3 is 0 Å². The van der Waals surface area contributed by atoms with Crippen molar-refractivity contribution < 1.29 is 17.9 Å². The van der Waals surface area contributed by atoms with E-state index in [0.29, 0.717) is 5.56 Å². The van der Waals surface area contributed by atoms with Gasteiger partial charge in [0.05, 0.1) is 7.11 Å². The maximum absolute atomic E-state index is 12.5. The van der Waals surface area contributed by atoms with Crippen LogP contribution in [-0.2, 0) is 14.8 Å². The van der Waals surface area contributed by atoms with E-state index in [1.165, 1.54) is 33.3 Å². The van der Waals surface area contributed by atoms with Gasteiger partial charge in [-0.05, 0) is 49.2 Å². The van der Waals surface area contributed by atoms with Crippen LogP contribution < -0.4 is 10.1 Å². The average molecular weight is 388 g/mol. The molecule has 0 saturated carbocycles. The molecule has 0 heterocycles. The standard InChI is InChI=1S/C20H24N2O4S/c1-14-6-9-17(15(2)12-14)21-20(23)11-8-16-7-10-18(26-5)19(13-16)27(24,25)22(3)4/h6-13H,1-5H3,(H,21,23)/b11-8+. The fourth-order valence-corrected chi connectivity index (χ4v) is 3.58. The highest BCUT2D eigenvalue weighted by atomic mass is 32.2. The molecule has 2 aromatic carbocycles. The van der Waals surface area contributed by atoms with E-state index in [0.717, 1.165) is 21.1 Å². The Kier molecular flexibility index (Phi) is 6.41. The lowest BCUT2D eigenvalue weighted by Crippen LogP contribution is -2.22. The SMILES string of the molecule is COc1ccc(/C=C/C(=O)Nc2ccc(C)cc2C)cc1S(=O)(=O)N(C)C. The number of amides is 1. The third-order valence-corrected chi connectivity index (χ3v) is 5.85. The van der Waals surface area contributed by atoms with Crippen LogP contribution in [0.1, 0.15) is 16.7 Å². The van der Waals surface area contributed by atoms with Crippen molar-refractivity contribution in [3.8, 4) is 5.75 Å². The predicted octanol–water partition coefficient (Wildman–Crippen LogP) is 3.21. The lowest BCUT2D eigenvalue weighted by atomic mass is 10.1. The second kappa shape index (κ2) is 8.37. The zero-order valence-electron chi connectivity index (χ0n) is 16.1. The number of benzene rings is 2. The highest BCUT2D eigenvalue weighted by Gasteiger charge is 2.22. The van der Waals surface area contributed by atoms with Gasteiger partial charge in [-0.1, -0.05) is 23.8 Å². The number of sulfonamides is 1. The molecule has 2 aromatic rings. The lowest BCUT2D eigenvalue weighted by molar-refractivity contribution is -0.111. The molecule has 0 bridgehead atoms. The first-order chi connectivity index (χ1) is 12.6. The van der Waals surface area contributed by atoms with E-state index in [-0.39, 0.29) is 16.6 Å². The lowest BCUT2D eigenvalue weighted by Gasteiger charge is -2.15. The van der Waals surface area contributed by atoms with Crippen molar-refractivity contribution >= 4 is 27.7 Å². The van der Waals surface area contributed by atoms with Gasteiger partial charge in [-0.15, -0.1) is 0 Å². The molecule has 1 N–H and O–H groups in total. The first-order valence-electron chi connectivity index (χ1n) is 8.32. The Balaban J connectivity index is 2.25. The van der Waals surface area contributed by atoms with Gasteiger partial charge in [-0.2, -0.15) is 0 Å². The molecule has 0 aromatic heterocycles. The summed E-state index contributed by atoms with van der Waals surface area (Å²) in [5.41, 5.74) is 3.40. The van der Waals surface area contributed by atoms with Gasteiger partial charge in [0.15, 0.2) is 0 Å². The number of nitrogens with one attached hydrogen (secondary N) is 1. The van der Waals surface area contributed by atoms with Crippen molar-refractivity contribution in [2.24, 2.45) is 0 Å².